The lowest BCUT2D eigenvalue weighted by Crippen LogP contribution is -2.29. The largest absolute Gasteiger partial charge is 0.489 e. The molecule has 1 aromatic rings. The van der Waals surface area contributed by atoms with Crippen LogP contribution in [0, 0.1) is 6.92 Å². The Morgan fingerprint density at radius 2 is 2.11 bits per heavy atom. The van der Waals surface area contributed by atoms with Crippen molar-refractivity contribution < 1.29 is 9.47 Å². The minimum atomic E-state index is 0.485. The Morgan fingerprint density at radius 1 is 1.26 bits per heavy atom. The van der Waals surface area contributed by atoms with Gasteiger partial charge in [0.25, 0.3) is 0 Å². The average Bonchev–Trinajstić information content (AvgIpc) is 2.65. The Hall–Kier alpha value is -0.930. The van der Waals surface area contributed by atoms with Crippen molar-refractivity contribution in [2.24, 2.45) is 0 Å². The van der Waals surface area contributed by atoms with Gasteiger partial charge < -0.3 is 14.8 Å². The topological polar surface area (TPSA) is 30.5 Å². The minimum Gasteiger partial charge on any atom is -0.489 e. The number of fused-ring (bicyclic) bond motifs is 1. The van der Waals surface area contributed by atoms with Crippen LogP contribution in [-0.2, 0) is 0 Å². The van der Waals surface area contributed by atoms with E-state index >= 15 is 0 Å². The van der Waals surface area contributed by atoms with Crippen molar-refractivity contribution in [3.63, 3.8) is 0 Å². The van der Waals surface area contributed by atoms with Gasteiger partial charge in [-0.25, -0.2) is 0 Å². The van der Waals surface area contributed by atoms with Crippen LogP contribution in [0.25, 0.3) is 0 Å². The molecule has 3 nitrogen and oxygen atoms in total. The molecule has 0 spiro atoms. The molecule has 1 fully saturated rings. The molecule has 1 aromatic carbocycles. The predicted octanol–water partition coefficient (Wildman–Crippen LogP) is 3.28. The third-order valence-electron chi connectivity index (χ3n) is 3.98. The molecule has 0 saturated carbocycles. The molecule has 3 rings (SSSR count). The lowest BCUT2D eigenvalue weighted by Gasteiger charge is -2.27. The molecular weight excluding hydrogens is 262 g/mol. The quantitative estimate of drug-likeness (QED) is 0.857. The van der Waals surface area contributed by atoms with Crippen LogP contribution in [0.3, 0.4) is 0 Å². The van der Waals surface area contributed by atoms with Crippen LogP contribution >= 0.6 is 11.6 Å². The summed E-state index contributed by atoms with van der Waals surface area (Å²) in [6.45, 7) is 5.63. The van der Waals surface area contributed by atoms with Crippen molar-refractivity contribution >= 4 is 11.6 Å². The van der Waals surface area contributed by atoms with Crippen LogP contribution in [-0.4, -0.2) is 26.3 Å². The van der Waals surface area contributed by atoms with Crippen LogP contribution < -0.4 is 14.8 Å². The normalized spacial score (nSPS) is 22.9. The average molecular weight is 282 g/mol. The molecule has 1 unspecified atom stereocenters. The summed E-state index contributed by atoms with van der Waals surface area (Å²) in [4.78, 5) is 0. The summed E-state index contributed by atoms with van der Waals surface area (Å²) in [5, 5.41) is 4.26. The zero-order chi connectivity index (χ0) is 13.2. The zero-order valence-electron chi connectivity index (χ0n) is 11.3. The molecule has 104 valence electrons. The number of piperidine rings is 1. The number of hydrogen-bond donors (Lipinski definition) is 1. The Kier molecular flexibility index (Phi) is 3.85. The van der Waals surface area contributed by atoms with E-state index in [9.17, 15) is 0 Å². The first-order valence-electron chi connectivity index (χ1n) is 7.06. The Bertz CT molecular complexity index is 470. The fraction of sp³-hybridized carbons (Fsp3) is 0.600. The maximum absolute atomic E-state index is 6.49. The van der Waals surface area contributed by atoms with Crippen LogP contribution in [0.15, 0.2) is 6.07 Å². The lowest BCUT2D eigenvalue weighted by atomic mass is 9.88. The summed E-state index contributed by atoms with van der Waals surface area (Å²) in [5.74, 6) is 2.17. The van der Waals surface area contributed by atoms with E-state index in [1.807, 2.05) is 6.07 Å². The van der Waals surface area contributed by atoms with Crippen molar-refractivity contribution in [2.75, 3.05) is 26.3 Å². The van der Waals surface area contributed by atoms with E-state index in [2.05, 4.69) is 12.2 Å². The van der Waals surface area contributed by atoms with Gasteiger partial charge in [0.15, 0.2) is 11.5 Å². The van der Waals surface area contributed by atoms with E-state index < -0.39 is 0 Å². The van der Waals surface area contributed by atoms with Crippen LogP contribution in [0.1, 0.15) is 36.3 Å². The zero-order valence-corrected chi connectivity index (χ0v) is 12.1. The number of halogens is 1. The molecule has 1 saturated heterocycles. The monoisotopic (exact) mass is 281 g/mol. The Morgan fingerprint density at radius 3 is 2.89 bits per heavy atom. The van der Waals surface area contributed by atoms with E-state index in [0.29, 0.717) is 12.5 Å². The molecule has 1 N–H and O–H groups in total. The summed E-state index contributed by atoms with van der Waals surface area (Å²) >= 11 is 6.49. The number of rotatable bonds is 1. The van der Waals surface area contributed by atoms with Crippen LogP contribution in [0.4, 0.5) is 0 Å². The second kappa shape index (κ2) is 5.59. The fourth-order valence-electron chi connectivity index (χ4n) is 3.05. The molecule has 2 aliphatic rings. The lowest BCUT2D eigenvalue weighted by molar-refractivity contribution is 0.296. The van der Waals surface area contributed by atoms with E-state index in [0.717, 1.165) is 48.2 Å². The summed E-state index contributed by atoms with van der Waals surface area (Å²) in [6.07, 6.45) is 3.31. The van der Waals surface area contributed by atoms with Crippen molar-refractivity contribution in [1.29, 1.82) is 0 Å². The summed E-state index contributed by atoms with van der Waals surface area (Å²) in [6, 6.07) is 1.93. The van der Waals surface area contributed by atoms with E-state index in [1.165, 1.54) is 18.4 Å². The second-order valence-corrected chi connectivity index (χ2v) is 5.73. The van der Waals surface area contributed by atoms with Gasteiger partial charge in [-0.3, -0.25) is 0 Å². The highest BCUT2D eigenvalue weighted by molar-refractivity contribution is 6.31. The Labute approximate surface area is 119 Å². The van der Waals surface area contributed by atoms with Gasteiger partial charge >= 0.3 is 0 Å². The van der Waals surface area contributed by atoms with Crippen LogP contribution in [0.5, 0.6) is 11.5 Å². The van der Waals surface area contributed by atoms with E-state index in [4.69, 9.17) is 21.1 Å². The van der Waals surface area contributed by atoms with Gasteiger partial charge in [0, 0.05) is 24.1 Å². The highest BCUT2D eigenvalue weighted by Crippen LogP contribution is 2.43. The number of benzene rings is 1. The molecule has 2 heterocycles. The maximum Gasteiger partial charge on any atom is 0.164 e. The van der Waals surface area contributed by atoms with E-state index in [1.54, 1.807) is 0 Å². The van der Waals surface area contributed by atoms with Gasteiger partial charge in [0.2, 0.25) is 0 Å². The standard InChI is InChI=1S/C15H20ClNO2/c1-10-14(11-4-2-5-17-9-11)12(16)8-13-15(10)19-7-3-6-18-13/h8,11,17H,2-7,9H2,1H3. The van der Waals surface area contributed by atoms with Gasteiger partial charge in [0.1, 0.15) is 0 Å². The third kappa shape index (κ3) is 2.54. The van der Waals surface area contributed by atoms with Crippen LogP contribution in [0.2, 0.25) is 5.02 Å². The summed E-state index contributed by atoms with van der Waals surface area (Å²) < 4.78 is 11.6. The predicted molar refractivity (Wildman–Crippen MR) is 76.6 cm³/mol. The molecule has 0 aliphatic carbocycles. The molecule has 19 heavy (non-hydrogen) atoms. The van der Waals surface area contributed by atoms with Crippen molar-refractivity contribution in [2.45, 2.75) is 32.1 Å². The molecule has 0 bridgehead atoms. The molecule has 0 aromatic heterocycles. The molecule has 1 atom stereocenters. The number of nitrogens with one attached hydrogen (secondary N) is 1. The van der Waals surface area contributed by atoms with Crippen molar-refractivity contribution in [1.82, 2.24) is 5.32 Å². The van der Waals surface area contributed by atoms with Crippen molar-refractivity contribution in [3.05, 3.63) is 22.2 Å². The summed E-state index contributed by atoms with van der Waals surface area (Å²) in [7, 11) is 0. The fourth-order valence-corrected chi connectivity index (χ4v) is 3.44. The van der Waals surface area contributed by atoms with Gasteiger partial charge in [-0.05, 0) is 43.4 Å². The first-order valence-corrected chi connectivity index (χ1v) is 7.44. The smallest absolute Gasteiger partial charge is 0.164 e. The molecule has 4 heteroatoms. The van der Waals surface area contributed by atoms with E-state index in [-0.39, 0.29) is 0 Å². The first-order chi connectivity index (χ1) is 9.27. The molecule has 2 aliphatic heterocycles. The SMILES string of the molecule is Cc1c2c(cc(Cl)c1C1CCCNC1)OCCCO2. The Balaban J connectivity index is 2.01. The molecule has 0 radical (unpaired) electrons. The first kappa shape index (κ1) is 13.1. The van der Waals surface area contributed by atoms with Gasteiger partial charge in [-0.2, -0.15) is 0 Å². The molecule has 0 amide bonds. The highest BCUT2D eigenvalue weighted by Gasteiger charge is 2.25. The number of ether oxygens (including phenoxy) is 2. The number of hydrogen-bond acceptors (Lipinski definition) is 3. The second-order valence-electron chi connectivity index (χ2n) is 5.32. The van der Waals surface area contributed by atoms with Gasteiger partial charge in [0.05, 0.1) is 13.2 Å². The van der Waals surface area contributed by atoms with Gasteiger partial charge in [-0.15, -0.1) is 0 Å². The molecular formula is C15H20ClNO2. The van der Waals surface area contributed by atoms with Gasteiger partial charge in [-0.1, -0.05) is 11.6 Å². The maximum atomic E-state index is 6.49. The highest BCUT2D eigenvalue weighted by atomic mass is 35.5. The summed E-state index contributed by atoms with van der Waals surface area (Å²) in [5.41, 5.74) is 2.39. The van der Waals surface area contributed by atoms with Crippen molar-refractivity contribution in [3.8, 4) is 11.5 Å². The third-order valence-corrected chi connectivity index (χ3v) is 4.29. The minimum absolute atomic E-state index is 0.485.